The van der Waals surface area contributed by atoms with Crippen LogP contribution in [0.4, 0.5) is 5.69 Å². The van der Waals surface area contributed by atoms with E-state index in [4.69, 9.17) is 17.3 Å². The molecule has 0 unspecified atom stereocenters. The second-order valence-corrected chi connectivity index (χ2v) is 5.66. The highest BCUT2D eigenvalue weighted by molar-refractivity contribution is 14.0. The highest BCUT2D eigenvalue weighted by Crippen LogP contribution is 2.24. The van der Waals surface area contributed by atoms with Crippen LogP contribution in [0, 0.1) is 0 Å². The van der Waals surface area contributed by atoms with Crippen molar-refractivity contribution in [3.63, 3.8) is 0 Å². The standard InChI is InChI=1S/C17H18ClN3.HI/c18-16-7-2-1-4-14(16)11-20-17(19)21-15-9-8-12-5-3-6-13(12)10-15;/h1-2,4,7-10H,3,5-6,11H2,(H3,19,20,21);1H. The predicted octanol–water partition coefficient (Wildman–Crippen LogP) is 4.37. The third-order valence-corrected chi connectivity index (χ3v) is 4.12. The van der Waals surface area contributed by atoms with Crippen LogP contribution in [0.1, 0.15) is 23.1 Å². The molecule has 1 aliphatic carbocycles. The van der Waals surface area contributed by atoms with Gasteiger partial charge >= 0.3 is 0 Å². The van der Waals surface area contributed by atoms with E-state index in [0.717, 1.165) is 17.7 Å². The molecule has 0 radical (unpaired) electrons. The lowest BCUT2D eigenvalue weighted by molar-refractivity contribution is 0.912. The molecule has 3 nitrogen and oxygen atoms in total. The zero-order chi connectivity index (χ0) is 14.7. The molecule has 2 aromatic carbocycles. The van der Waals surface area contributed by atoms with E-state index < -0.39 is 0 Å². The summed E-state index contributed by atoms with van der Waals surface area (Å²) in [5, 5.41) is 3.86. The Balaban J connectivity index is 0.00000176. The Kier molecular flexibility index (Phi) is 6.08. The van der Waals surface area contributed by atoms with Crippen LogP contribution < -0.4 is 11.1 Å². The van der Waals surface area contributed by atoms with Crippen LogP contribution in [-0.2, 0) is 19.4 Å². The Labute approximate surface area is 153 Å². The van der Waals surface area contributed by atoms with E-state index in [0.29, 0.717) is 17.5 Å². The van der Waals surface area contributed by atoms with E-state index >= 15 is 0 Å². The molecule has 0 aromatic heterocycles. The molecule has 3 N–H and O–H groups in total. The second kappa shape index (κ2) is 7.83. The van der Waals surface area contributed by atoms with Crippen LogP contribution in [0.2, 0.25) is 5.02 Å². The molecule has 3 rings (SSSR count). The zero-order valence-electron chi connectivity index (χ0n) is 12.2. The lowest BCUT2D eigenvalue weighted by Crippen LogP contribution is -2.22. The number of benzene rings is 2. The maximum absolute atomic E-state index is 6.10. The first kappa shape index (κ1) is 17.1. The third kappa shape index (κ3) is 4.14. The first-order valence-electron chi connectivity index (χ1n) is 7.14. The maximum atomic E-state index is 6.10. The van der Waals surface area contributed by atoms with Crippen molar-refractivity contribution in [1.29, 1.82) is 0 Å². The number of guanidine groups is 1. The molecule has 0 saturated heterocycles. The van der Waals surface area contributed by atoms with Crippen molar-refractivity contribution < 1.29 is 0 Å². The van der Waals surface area contributed by atoms with Gasteiger partial charge in [-0.1, -0.05) is 35.9 Å². The minimum Gasteiger partial charge on any atom is -0.370 e. The molecule has 0 bridgehead atoms. The van der Waals surface area contributed by atoms with Gasteiger partial charge in [-0.3, -0.25) is 0 Å². The lowest BCUT2D eigenvalue weighted by Gasteiger charge is -2.08. The summed E-state index contributed by atoms with van der Waals surface area (Å²) in [4.78, 5) is 4.34. The number of hydrogen-bond donors (Lipinski definition) is 2. The van der Waals surface area contributed by atoms with Crippen LogP contribution in [0.3, 0.4) is 0 Å². The molecule has 0 spiro atoms. The van der Waals surface area contributed by atoms with Crippen molar-refractivity contribution in [2.45, 2.75) is 25.8 Å². The topological polar surface area (TPSA) is 50.4 Å². The molecule has 0 aliphatic heterocycles. The van der Waals surface area contributed by atoms with E-state index in [1.807, 2.05) is 24.3 Å². The fraction of sp³-hybridized carbons (Fsp3) is 0.235. The molecule has 116 valence electrons. The molecular formula is C17H19ClIN3. The van der Waals surface area contributed by atoms with Crippen molar-refractivity contribution in [3.05, 3.63) is 64.2 Å². The molecular weight excluding hydrogens is 409 g/mol. The summed E-state index contributed by atoms with van der Waals surface area (Å²) in [6.45, 7) is 0.476. The summed E-state index contributed by atoms with van der Waals surface area (Å²) < 4.78 is 0. The van der Waals surface area contributed by atoms with E-state index in [2.05, 4.69) is 28.5 Å². The van der Waals surface area contributed by atoms with Gasteiger partial charge in [-0.2, -0.15) is 0 Å². The van der Waals surface area contributed by atoms with Crippen molar-refractivity contribution in [2.24, 2.45) is 10.7 Å². The van der Waals surface area contributed by atoms with Gasteiger partial charge in [-0.15, -0.1) is 24.0 Å². The van der Waals surface area contributed by atoms with Gasteiger partial charge < -0.3 is 11.1 Å². The zero-order valence-corrected chi connectivity index (χ0v) is 15.3. The first-order valence-corrected chi connectivity index (χ1v) is 7.52. The van der Waals surface area contributed by atoms with Crippen molar-refractivity contribution in [3.8, 4) is 0 Å². The average molecular weight is 428 g/mol. The summed E-state index contributed by atoms with van der Waals surface area (Å²) in [6, 6.07) is 14.1. The van der Waals surface area contributed by atoms with E-state index in [9.17, 15) is 0 Å². The molecule has 0 fully saturated rings. The highest BCUT2D eigenvalue weighted by atomic mass is 127. The molecule has 22 heavy (non-hydrogen) atoms. The number of halogens is 2. The van der Waals surface area contributed by atoms with E-state index in [1.54, 1.807) is 0 Å². The summed E-state index contributed by atoms with van der Waals surface area (Å²) in [5.74, 6) is 0.410. The first-order chi connectivity index (χ1) is 10.2. The second-order valence-electron chi connectivity index (χ2n) is 5.25. The summed E-state index contributed by atoms with van der Waals surface area (Å²) >= 11 is 6.10. The smallest absolute Gasteiger partial charge is 0.193 e. The van der Waals surface area contributed by atoms with Gasteiger partial charge in [0.25, 0.3) is 0 Å². The number of aliphatic imine (C=N–C) groups is 1. The van der Waals surface area contributed by atoms with Crippen LogP contribution in [0.25, 0.3) is 0 Å². The number of nitrogens with two attached hydrogens (primary N) is 1. The van der Waals surface area contributed by atoms with Gasteiger partial charge in [0.05, 0.1) is 6.54 Å². The van der Waals surface area contributed by atoms with Crippen molar-refractivity contribution in [1.82, 2.24) is 0 Å². The molecule has 0 heterocycles. The quantitative estimate of drug-likeness (QED) is 0.434. The number of rotatable bonds is 3. The van der Waals surface area contributed by atoms with Gasteiger partial charge in [0.2, 0.25) is 0 Å². The van der Waals surface area contributed by atoms with Gasteiger partial charge in [0.15, 0.2) is 5.96 Å². The number of anilines is 1. The highest BCUT2D eigenvalue weighted by Gasteiger charge is 2.10. The van der Waals surface area contributed by atoms with Crippen molar-refractivity contribution >= 4 is 47.2 Å². The Morgan fingerprint density at radius 3 is 2.73 bits per heavy atom. The Bertz CT molecular complexity index is 685. The third-order valence-electron chi connectivity index (χ3n) is 3.75. The number of fused-ring (bicyclic) bond motifs is 1. The number of nitrogens with one attached hydrogen (secondary N) is 1. The minimum atomic E-state index is 0. The molecule has 1 aliphatic rings. The summed E-state index contributed by atoms with van der Waals surface area (Å²) in [7, 11) is 0. The van der Waals surface area contributed by atoms with Gasteiger partial charge in [-0.05, 0) is 54.2 Å². The lowest BCUT2D eigenvalue weighted by atomic mass is 10.1. The Morgan fingerprint density at radius 1 is 1.14 bits per heavy atom. The van der Waals surface area contributed by atoms with Crippen LogP contribution in [0.5, 0.6) is 0 Å². The number of aryl methyl sites for hydroxylation is 2. The van der Waals surface area contributed by atoms with E-state index in [1.165, 1.54) is 24.0 Å². The summed E-state index contributed by atoms with van der Waals surface area (Å²) in [5.41, 5.74) is 10.8. The Morgan fingerprint density at radius 2 is 1.91 bits per heavy atom. The normalized spacial score (nSPS) is 13.4. The monoisotopic (exact) mass is 427 g/mol. The van der Waals surface area contributed by atoms with Gasteiger partial charge in [0.1, 0.15) is 0 Å². The fourth-order valence-corrected chi connectivity index (χ4v) is 2.83. The molecule has 0 atom stereocenters. The molecule has 0 amide bonds. The van der Waals surface area contributed by atoms with Crippen LogP contribution in [-0.4, -0.2) is 5.96 Å². The Hall–Kier alpha value is -1.27. The van der Waals surface area contributed by atoms with Crippen LogP contribution >= 0.6 is 35.6 Å². The molecule has 2 aromatic rings. The van der Waals surface area contributed by atoms with Gasteiger partial charge in [0, 0.05) is 10.7 Å². The molecule has 0 saturated carbocycles. The summed E-state index contributed by atoms with van der Waals surface area (Å²) in [6.07, 6.45) is 3.59. The van der Waals surface area contributed by atoms with Crippen LogP contribution in [0.15, 0.2) is 47.5 Å². The molecule has 5 heteroatoms. The minimum absolute atomic E-state index is 0. The number of nitrogens with zero attached hydrogens (tertiary/aromatic N) is 1. The van der Waals surface area contributed by atoms with Gasteiger partial charge in [-0.25, -0.2) is 4.99 Å². The average Bonchev–Trinajstić information content (AvgIpc) is 2.94. The largest absolute Gasteiger partial charge is 0.370 e. The predicted molar refractivity (Wildman–Crippen MR) is 104 cm³/mol. The SMILES string of the molecule is I.NC(=NCc1ccccc1Cl)Nc1ccc2c(c1)CCC2. The maximum Gasteiger partial charge on any atom is 0.193 e. The van der Waals surface area contributed by atoms with E-state index in [-0.39, 0.29) is 24.0 Å². The number of hydrogen-bond acceptors (Lipinski definition) is 1. The van der Waals surface area contributed by atoms with Crippen molar-refractivity contribution in [2.75, 3.05) is 5.32 Å². The fourth-order valence-electron chi connectivity index (χ4n) is 2.63.